The van der Waals surface area contributed by atoms with Crippen LogP contribution >= 0.6 is 0 Å². The zero-order valence-electron chi connectivity index (χ0n) is 22.0. The number of phenolic OH excluding ortho intramolecular Hbond substituents is 1. The average Bonchev–Trinajstić information content (AvgIpc) is 3.63. The minimum atomic E-state index is -0.438. The Morgan fingerprint density at radius 1 is 1.13 bits per heavy atom. The molecule has 204 valence electrons. The van der Waals surface area contributed by atoms with Gasteiger partial charge in [-0.25, -0.2) is 4.68 Å². The van der Waals surface area contributed by atoms with Gasteiger partial charge in [0.15, 0.2) is 5.82 Å². The Balaban J connectivity index is 1.36. The predicted octanol–water partition coefficient (Wildman–Crippen LogP) is 2.71. The Kier molecular flexibility index (Phi) is 7.16. The number of phenols is 1. The summed E-state index contributed by atoms with van der Waals surface area (Å²) in [4.78, 5) is 21.2. The lowest BCUT2D eigenvalue weighted by Crippen LogP contribution is -2.49. The Morgan fingerprint density at radius 2 is 1.95 bits per heavy atom. The highest BCUT2D eigenvalue weighted by molar-refractivity contribution is 5.80. The van der Waals surface area contributed by atoms with Gasteiger partial charge in [-0.05, 0) is 78.7 Å². The maximum Gasteiger partial charge on any atom is 0.253 e. The molecule has 0 unspecified atom stereocenters. The highest BCUT2D eigenvalue weighted by atomic mass is 16.5. The van der Waals surface area contributed by atoms with Crippen LogP contribution in [0.25, 0.3) is 10.9 Å². The van der Waals surface area contributed by atoms with Crippen LogP contribution in [0.5, 0.6) is 11.5 Å². The summed E-state index contributed by atoms with van der Waals surface area (Å²) in [7, 11) is 0. The van der Waals surface area contributed by atoms with E-state index in [-0.39, 0.29) is 17.4 Å². The lowest BCUT2D eigenvalue weighted by molar-refractivity contribution is 0.0906. The van der Waals surface area contributed by atoms with Crippen molar-refractivity contribution in [2.45, 2.75) is 38.5 Å². The minimum absolute atomic E-state index is 0.0582. The molecule has 4 aromatic rings. The van der Waals surface area contributed by atoms with Crippen LogP contribution in [0.2, 0.25) is 0 Å². The molecule has 0 bridgehead atoms. The first-order chi connectivity index (χ1) is 19.1. The van der Waals surface area contributed by atoms with Crippen LogP contribution < -0.4 is 15.2 Å². The van der Waals surface area contributed by atoms with E-state index in [1.54, 1.807) is 16.8 Å². The molecular formula is C28H33N7O4. The van der Waals surface area contributed by atoms with Crippen LogP contribution in [0.4, 0.5) is 5.69 Å². The van der Waals surface area contributed by atoms with E-state index in [2.05, 4.69) is 30.3 Å². The lowest BCUT2D eigenvalue weighted by atomic mass is 10.0. The minimum Gasteiger partial charge on any atom is -0.508 e. The van der Waals surface area contributed by atoms with Crippen molar-refractivity contribution < 1.29 is 14.6 Å². The van der Waals surface area contributed by atoms with Crippen molar-refractivity contribution in [3.05, 3.63) is 70.3 Å². The summed E-state index contributed by atoms with van der Waals surface area (Å²) < 4.78 is 13.4. The molecular weight excluding hydrogens is 498 g/mol. The van der Waals surface area contributed by atoms with E-state index in [4.69, 9.17) is 9.47 Å². The van der Waals surface area contributed by atoms with Crippen molar-refractivity contribution in [3.63, 3.8) is 0 Å². The molecule has 0 radical (unpaired) electrons. The first kappa shape index (κ1) is 25.3. The predicted molar refractivity (Wildman–Crippen MR) is 146 cm³/mol. The Morgan fingerprint density at radius 3 is 2.69 bits per heavy atom. The molecule has 0 spiro atoms. The number of nitrogens with one attached hydrogen (secondary N) is 1. The van der Waals surface area contributed by atoms with E-state index >= 15 is 0 Å². The summed E-state index contributed by atoms with van der Waals surface area (Å²) >= 11 is 0. The summed E-state index contributed by atoms with van der Waals surface area (Å²) in [5.74, 6) is 1.64. The molecule has 2 aliphatic heterocycles. The third kappa shape index (κ3) is 5.32. The highest BCUT2D eigenvalue weighted by Gasteiger charge is 2.33. The number of nitrogens with zero attached hydrogens (tertiary/aromatic N) is 6. The Labute approximate surface area is 226 Å². The van der Waals surface area contributed by atoms with Gasteiger partial charge in [0, 0.05) is 54.9 Å². The van der Waals surface area contributed by atoms with Crippen molar-refractivity contribution in [1.82, 2.24) is 30.1 Å². The van der Waals surface area contributed by atoms with Crippen LogP contribution in [-0.4, -0.2) is 80.7 Å². The second-order valence-electron chi connectivity index (χ2n) is 10.0. The summed E-state index contributed by atoms with van der Waals surface area (Å²) in [6.45, 7) is 6.73. The first-order valence-electron chi connectivity index (χ1n) is 13.5. The second kappa shape index (κ2) is 11.0. The van der Waals surface area contributed by atoms with Gasteiger partial charge in [0.25, 0.3) is 5.56 Å². The van der Waals surface area contributed by atoms with Crippen LogP contribution in [0, 0.1) is 0 Å². The molecule has 2 fully saturated rings. The average molecular weight is 532 g/mol. The number of fused-ring (bicyclic) bond motifs is 1. The molecule has 0 saturated carbocycles. The number of aromatic amines is 1. The number of H-pyrrole nitrogens is 1. The SMILES string of the molecule is CCOc1ccc2[nH]c(=O)c([C@H](c3nnnn3C[C@H]3CCCO3)N3CCN(c4ccc(O)cc4)CC3)cc2c1. The fraction of sp³-hybridized carbons (Fsp3) is 0.429. The number of hydrogen-bond acceptors (Lipinski definition) is 9. The normalized spacial score (nSPS) is 19.0. The summed E-state index contributed by atoms with van der Waals surface area (Å²) in [6, 6.07) is 14.5. The maximum absolute atomic E-state index is 13.5. The summed E-state index contributed by atoms with van der Waals surface area (Å²) in [6.07, 6.45) is 2.05. The van der Waals surface area contributed by atoms with Gasteiger partial charge in [-0.3, -0.25) is 9.69 Å². The number of benzene rings is 2. The summed E-state index contributed by atoms with van der Waals surface area (Å²) in [5.41, 5.74) is 2.24. The second-order valence-corrected chi connectivity index (χ2v) is 10.0. The molecule has 2 aromatic heterocycles. The molecule has 39 heavy (non-hydrogen) atoms. The van der Waals surface area contributed by atoms with Gasteiger partial charge in [0.05, 0.1) is 19.3 Å². The first-order valence-corrected chi connectivity index (χ1v) is 13.5. The number of anilines is 1. The fourth-order valence-electron chi connectivity index (χ4n) is 5.58. The number of rotatable bonds is 8. The van der Waals surface area contributed by atoms with Crippen LogP contribution in [-0.2, 0) is 11.3 Å². The van der Waals surface area contributed by atoms with Gasteiger partial charge < -0.3 is 24.5 Å². The van der Waals surface area contributed by atoms with Crippen molar-refractivity contribution in [3.8, 4) is 11.5 Å². The van der Waals surface area contributed by atoms with E-state index in [0.717, 1.165) is 54.9 Å². The van der Waals surface area contributed by atoms with Crippen molar-refractivity contribution >= 4 is 16.6 Å². The van der Waals surface area contributed by atoms with Gasteiger partial charge in [0.2, 0.25) is 0 Å². The monoisotopic (exact) mass is 531 g/mol. The number of piperazine rings is 1. The lowest BCUT2D eigenvalue weighted by Gasteiger charge is -2.39. The number of tetrazole rings is 1. The largest absolute Gasteiger partial charge is 0.508 e. The number of aromatic nitrogens is 5. The molecule has 11 nitrogen and oxygen atoms in total. The zero-order valence-corrected chi connectivity index (χ0v) is 22.0. The van der Waals surface area contributed by atoms with Crippen LogP contribution in [0.15, 0.2) is 53.3 Å². The highest BCUT2D eigenvalue weighted by Crippen LogP contribution is 2.30. The van der Waals surface area contributed by atoms with E-state index in [9.17, 15) is 9.90 Å². The van der Waals surface area contributed by atoms with Gasteiger partial charge in [-0.2, -0.15) is 0 Å². The number of ether oxygens (including phenoxy) is 2. The molecule has 2 saturated heterocycles. The molecule has 6 rings (SSSR count). The number of hydrogen-bond donors (Lipinski definition) is 2. The number of pyridine rings is 1. The quantitative estimate of drug-likeness (QED) is 0.353. The van der Waals surface area contributed by atoms with E-state index in [1.807, 2.05) is 43.3 Å². The third-order valence-electron chi connectivity index (χ3n) is 7.55. The fourth-order valence-corrected chi connectivity index (χ4v) is 5.58. The van der Waals surface area contributed by atoms with Crippen LogP contribution in [0.3, 0.4) is 0 Å². The molecule has 0 amide bonds. The molecule has 11 heteroatoms. The van der Waals surface area contributed by atoms with Gasteiger partial charge in [-0.15, -0.1) is 5.10 Å². The Bertz CT molecular complexity index is 1470. The zero-order chi connectivity index (χ0) is 26.8. The van der Waals surface area contributed by atoms with Gasteiger partial charge in [0.1, 0.15) is 17.5 Å². The van der Waals surface area contributed by atoms with Crippen LogP contribution in [0.1, 0.15) is 37.2 Å². The molecule has 0 aliphatic carbocycles. The van der Waals surface area contributed by atoms with Crippen molar-refractivity contribution in [2.24, 2.45) is 0 Å². The summed E-state index contributed by atoms with van der Waals surface area (Å²) in [5, 5.41) is 23.3. The number of aromatic hydroxyl groups is 1. The maximum atomic E-state index is 13.5. The molecule has 2 N–H and O–H groups in total. The molecule has 2 aliphatic rings. The van der Waals surface area contributed by atoms with Crippen molar-refractivity contribution in [1.29, 1.82) is 0 Å². The van der Waals surface area contributed by atoms with E-state index in [1.165, 1.54) is 0 Å². The van der Waals surface area contributed by atoms with Crippen molar-refractivity contribution in [2.75, 3.05) is 44.3 Å². The van der Waals surface area contributed by atoms with E-state index < -0.39 is 6.04 Å². The topological polar surface area (TPSA) is 122 Å². The molecule has 2 atom stereocenters. The standard InChI is InChI=1S/C28H33N7O4/c1-2-38-22-9-10-25-19(16-22)17-24(28(37)29-25)26(27-30-31-32-35(27)18-23-4-3-15-39-23)34-13-11-33(12-14-34)20-5-7-21(36)8-6-20/h5-10,16-17,23,26,36H,2-4,11-15,18H2,1H3,(H,29,37)/t23-,26-/m1/s1. The molecule has 4 heterocycles. The van der Waals surface area contributed by atoms with Gasteiger partial charge in [-0.1, -0.05) is 0 Å². The smallest absolute Gasteiger partial charge is 0.253 e. The Hall–Kier alpha value is -3.96. The third-order valence-corrected chi connectivity index (χ3v) is 7.55. The van der Waals surface area contributed by atoms with Gasteiger partial charge >= 0.3 is 0 Å². The van der Waals surface area contributed by atoms with E-state index in [0.29, 0.717) is 37.6 Å². The molecule has 2 aromatic carbocycles.